The summed E-state index contributed by atoms with van der Waals surface area (Å²) in [5.41, 5.74) is 0. The minimum atomic E-state index is -0.188. The molecule has 2 unspecified atom stereocenters. The number of rotatable bonds is 4. The number of carbonyl (C=O) groups is 1. The fraction of sp³-hybridized carbons (Fsp3) is 0.923. The van der Waals surface area contributed by atoms with Crippen LogP contribution in [0.2, 0.25) is 0 Å². The standard InChI is InChI=1S/C13H23NO3/c1-14(13(15)12-6-4-10-17-12)8-7-11-5-2-3-9-16-11/h11-12H,2-10H2,1H3. The van der Waals surface area contributed by atoms with Crippen LogP contribution in [-0.2, 0) is 14.3 Å². The van der Waals surface area contributed by atoms with Crippen LogP contribution in [-0.4, -0.2) is 49.8 Å². The van der Waals surface area contributed by atoms with E-state index in [0.717, 1.165) is 45.4 Å². The predicted molar refractivity (Wildman–Crippen MR) is 64.8 cm³/mol. The van der Waals surface area contributed by atoms with Crippen LogP contribution in [0.4, 0.5) is 0 Å². The molecule has 0 radical (unpaired) electrons. The molecule has 0 N–H and O–H groups in total. The zero-order valence-corrected chi connectivity index (χ0v) is 10.7. The zero-order chi connectivity index (χ0) is 12.1. The van der Waals surface area contributed by atoms with Crippen molar-refractivity contribution in [2.45, 2.75) is 50.7 Å². The first kappa shape index (κ1) is 12.8. The largest absolute Gasteiger partial charge is 0.378 e. The van der Waals surface area contributed by atoms with E-state index in [0.29, 0.717) is 6.10 Å². The molecular formula is C13H23NO3. The van der Waals surface area contributed by atoms with Crippen LogP contribution in [0.25, 0.3) is 0 Å². The first-order valence-electron chi connectivity index (χ1n) is 6.75. The van der Waals surface area contributed by atoms with Crippen molar-refractivity contribution in [2.24, 2.45) is 0 Å². The summed E-state index contributed by atoms with van der Waals surface area (Å²) >= 11 is 0. The Labute approximate surface area is 103 Å². The third-order valence-electron chi connectivity index (χ3n) is 3.64. The highest BCUT2D eigenvalue weighted by Crippen LogP contribution is 2.17. The van der Waals surface area contributed by atoms with Crippen LogP contribution < -0.4 is 0 Å². The third kappa shape index (κ3) is 3.68. The molecule has 0 bridgehead atoms. The van der Waals surface area contributed by atoms with Gasteiger partial charge in [0.25, 0.3) is 5.91 Å². The van der Waals surface area contributed by atoms with Gasteiger partial charge in [0, 0.05) is 26.8 Å². The fourth-order valence-electron chi connectivity index (χ4n) is 2.50. The molecule has 2 aliphatic heterocycles. The van der Waals surface area contributed by atoms with Gasteiger partial charge in [0.1, 0.15) is 6.10 Å². The SMILES string of the molecule is CN(CCC1CCCCO1)C(=O)C1CCCO1. The van der Waals surface area contributed by atoms with Gasteiger partial charge in [-0.25, -0.2) is 0 Å². The van der Waals surface area contributed by atoms with E-state index < -0.39 is 0 Å². The van der Waals surface area contributed by atoms with Gasteiger partial charge < -0.3 is 14.4 Å². The molecule has 2 heterocycles. The van der Waals surface area contributed by atoms with Gasteiger partial charge in [0.05, 0.1) is 6.10 Å². The molecular weight excluding hydrogens is 218 g/mol. The van der Waals surface area contributed by atoms with E-state index >= 15 is 0 Å². The molecule has 0 aliphatic carbocycles. The normalized spacial score (nSPS) is 29.2. The van der Waals surface area contributed by atoms with Gasteiger partial charge in [-0.2, -0.15) is 0 Å². The number of carbonyl (C=O) groups excluding carboxylic acids is 1. The van der Waals surface area contributed by atoms with Gasteiger partial charge in [-0.15, -0.1) is 0 Å². The van der Waals surface area contributed by atoms with E-state index in [2.05, 4.69) is 0 Å². The Balaban J connectivity index is 1.68. The molecule has 0 saturated carbocycles. The molecule has 0 spiro atoms. The van der Waals surface area contributed by atoms with Crippen LogP contribution >= 0.6 is 0 Å². The summed E-state index contributed by atoms with van der Waals surface area (Å²) in [4.78, 5) is 13.8. The highest BCUT2D eigenvalue weighted by atomic mass is 16.5. The van der Waals surface area contributed by atoms with Crippen LogP contribution in [0.3, 0.4) is 0 Å². The Hall–Kier alpha value is -0.610. The zero-order valence-electron chi connectivity index (χ0n) is 10.7. The second kappa shape index (κ2) is 6.36. The topological polar surface area (TPSA) is 38.8 Å². The minimum absolute atomic E-state index is 0.137. The van der Waals surface area contributed by atoms with Crippen LogP contribution in [0.15, 0.2) is 0 Å². The van der Waals surface area contributed by atoms with Gasteiger partial charge in [-0.05, 0) is 38.5 Å². The van der Waals surface area contributed by atoms with E-state index in [1.165, 1.54) is 12.8 Å². The number of hydrogen-bond acceptors (Lipinski definition) is 3. The molecule has 0 aromatic heterocycles. The molecule has 4 heteroatoms. The molecule has 2 saturated heterocycles. The number of hydrogen-bond donors (Lipinski definition) is 0. The Bertz CT molecular complexity index is 245. The molecule has 1 amide bonds. The van der Waals surface area contributed by atoms with Crippen LogP contribution in [0, 0.1) is 0 Å². The lowest BCUT2D eigenvalue weighted by Gasteiger charge is -2.26. The van der Waals surface area contributed by atoms with Crippen molar-refractivity contribution in [1.29, 1.82) is 0 Å². The molecule has 2 fully saturated rings. The number of ether oxygens (including phenoxy) is 2. The highest BCUT2D eigenvalue weighted by molar-refractivity contribution is 5.80. The Kier molecular flexibility index (Phi) is 4.80. The van der Waals surface area contributed by atoms with Gasteiger partial charge in [0.15, 0.2) is 0 Å². The van der Waals surface area contributed by atoms with Crippen LogP contribution in [0.1, 0.15) is 38.5 Å². The summed E-state index contributed by atoms with van der Waals surface area (Å²) in [6, 6.07) is 0. The van der Waals surface area contributed by atoms with Crippen molar-refractivity contribution in [2.75, 3.05) is 26.8 Å². The summed E-state index contributed by atoms with van der Waals surface area (Å²) in [5.74, 6) is 0.137. The Morgan fingerprint density at radius 2 is 2.00 bits per heavy atom. The molecule has 98 valence electrons. The molecule has 0 aromatic rings. The highest BCUT2D eigenvalue weighted by Gasteiger charge is 2.26. The molecule has 2 aliphatic rings. The predicted octanol–water partition coefficient (Wildman–Crippen LogP) is 1.58. The Morgan fingerprint density at radius 1 is 1.18 bits per heavy atom. The Morgan fingerprint density at radius 3 is 2.65 bits per heavy atom. The first-order valence-corrected chi connectivity index (χ1v) is 6.75. The monoisotopic (exact) mass is 241 g/mol. The molecule has 4 nitrogen and oxygen atoms in total. The molecule has 0 aromatic carbocycles. The molecule has 2 atom stereocenters. The maximum atomic E-state index is 12.0. The smallest absolute Gasteiger partial charge is 0.251 e. The summed E-state index contributed by atoms with van der Waals surface area (Å²) in [5, 5.41) is 0. The van der Waals surface area contributed by atoms with Gasteiger partial charge in [-0.1, -0.05) is 0 Å². The number of likely N-dealkylation sites (N-methyl/N-ethyl adjacent to an activating group) is 1. The van der Waals surface area contributed by atoms with Gasteiger partial charge in [0.2, 0.25) is 0 Å². The minimum Gasteiger partial charge on any atom is -0.378 e. The summed E-state index contributed by atoms with van der Waals surface area (Å²) < 4.78 is 11.1. The lowest BCUT2D eigenvalue weighted by molar-refractivity contribution is -0.140. The summed E-state index contributed by atoms with van der Waals surface area (Å²) in [6.45, 7) is 2.40. The lowest BCUT2D eigenvalue weighted by Crippen LogP contribution is -2.38. The maximum absolute atomic E-state index is 12.0. The lowest BCUT2D eigenvalue weighted by atomic mass is 10.1. The van der Waals surface area contributed by atoms with E-state index in [-0.39, 0.29) is 12.0 Å². The van der Waals surface area contributed by atoms with E-state index in [1.807, 2.05) is 7.05 Å². The van der Waals surface area contributed by atoms with E-state index in [4.69, 9.17) is 9.47 Å². The number of amides is 1. The first-order chi connectivity index (χ1) is 8.27. The fourth-order valence-corrected chi connectivity index (χ4v) is 2.50. The average Bonchev–Trinajstić information content (AvgIpc) is 2.90. The number of nitrogens with zero attached hydrogens (tertiary/aromatic N) is 1. The van der Waals surface area contributed by atoms with Gasteiger partial charge in [-0.3, -0.25) is 4.79 Å². The van der Waals surface area contributed by atoms with Crippen molar-refractivity contribution in [3.63, 3.8) is 0 Å². The second-order valence-electron chi connectivity index (χ2n) is 5.04. The average molecular weight is 241 g/mol. The van der Waals surface area contributed by atoms with E-state index in [1.54, 1.807) is 4.90 Å². The maximum Gasteiger partial charge on any atom is 0.251 e. The molecule has 2 rings (SSSR count). The third-order valence-corrected chi connectivity index (χ3v) is 3.64. The van der Waals surface area contributed by atoms with Crippen molar-refractivity contribution in [3.8, 4) is 0 Å². The van der Waals surface area contributed by atoms with Crippen molar-refractivity contribution in [3.05, 3.63) is 0 Å². The van der Waals surface area contributed by atoms with Crippen LogP contribution in [0.5, 0.6) is 0 Å². The second-order valence-corrected chi connectivity index (χ2v) is 5.04. The van der Waals surface area contributed by atoms with Crippen molar-refractivity contribution in [1.82, 2.24) is 4.90 Å². The molecule has 17 heavy (non-hydrogen) atoms. The van der Waals surface area contributed by atoms with Crippen molar-refractivity contribution < 1.29 is 14.3 Å². The van der Waals surface area contributed by atoms with E-state index in [9.17, 15) is 4.79 Å². The van der Waals surface area contributed by atoms with Gasteiger partial charge >= 0.3 is 0 Å². The van der Waals surface area contributed by atoms with Crippen molar-refractivity contribution >= 4 is 5.91 Å². The quantitative estimate of drug-likeness (QED) is 0.750. The summed E-state index contributed by atoms with van der Waals surface area (Å²) in [6.07, 6.45) is 6.58. The summed E-state index contributed by atoms with van der Waals surface area (Å²) in [7, 11) is 1.87.